The van der Waals surface area contributed by atoms with E-state index in [0.717, 1.165) is 54.9 Å². The Morgan fingerprint density at radius 1 is 0.324 bits per heavy atom. The number of phenols is 1. The summed E-state index contributed by atoms with van der Waals surface area (Å²) in [7, 11) is 0. The molecule has 0 unspecified atom stereocenters. The first kappa shape index (κ1) is 21.4. The van der Waals surface area contributed by atoms with Gasteiger partial charge in [-0.25, -0.2) is 0 Å². The van der Waals surface area contributed by atoms with Gasteiger partial charge < -0.3 is 5.11 Å². The van der Waals surface area contributed by atoms with Gasteiger partial charge in [-0.15, -0.1) is 0 Å². The van der Waals surface area contributed by atoms with Crippen LogP contribution < -0.4 is 0 Å². The maximum Gasteiger partial charge on any atom is 0.131 e. The van der Waals surface area contributed by atoms with Crippen LogP contribution in [0.15, 0.2) is 140 Å². The Hall–Kier alpha value is -4.88. The number of hydrogen-bond acceptors (Lipinski definition) is 1. The van der Waals surface area contributed by atoms with Crippen molar-refractivity contribution in [3.8, 4) is 39.1 Å². The third-order valence-electron chi connectivity index (χ3n) is 7.37. The second-order valence-corrected chi connectivity index (χ2v) is 9.50. The molecule has 1 N–H and O–H groups in total. The third kappa shape index (κ3) is 3.56. The molecule has 0 radical (unpaired) electrons. The van der Waals surface area contributed by atoms with E-state index in [9.17, 15) is 5.11 Å². The van der Waals surface area contributed by atoms with Crippen molar-refractivity contribution in [1.82, 2.24) is 0 Å². The molecule has 0 fully saturated rings. The van der Waals surface area contributed by atoms with Gasteiger partial charge in [0, 0.05) is 11.1 Å². The van der Waals surface area contributed by atoms with Gasteiger partial charge in [-0.05, 0) is 66.7 Å². The molecule has 0 aromatic heterocycles. The molecule has 0 atom stereocenters. The van der Waals surface area contributed by atoms with Crippen molar-refractivity contribution in [3.05, 3.63) is 140 Å². The molecular formula is C36H24O. The van der Waals surface area contributed by atoms with Gasteiger partial charge in [0.1, 0.15) is 5.75 Å². The first-order valence-electron chi connectivity index (χ1n) is 12.6. The van der Waals surface area contributed by atoms with Crippen molar-refractivity contribution in [2.75, 3.05) is 0 Å². The van der Waals surface area contributed by atoms with E-state index in [4.69, 9.17) is 0 Å². The van der Waals surface area contributed by atoms with Crippen LogP contribution in [0.1, 0.15) is 0 Å². The smallest absolute Gasteiger partial charge is 0.131 e. The lowest BCUT2D eigenvalue weighted by molar-refractivity contribution is 0.479. The molecule has 0 saturated carbocycles. The Balaban J connectivity index is 1.60. The van der Waals surface area contributed by atoms with Gasteiger partial charge >= 0.3 is 0 Å². The van der Waals surface area contributed by atoms with Gasteiger partial charge in [0.25, 0.3) is 0 Å². The molecule has 0 amide bonds. The second kappa shape index (κ2) is 8.65. The predicted molar refractivity (Wildman–Crippen MR) is 157 cm³/mol. The highest BCUT2D eigenvalue weighted by molar-refractivity contribution is 6.06. The average molecular weight is 473 g/mol. The Labute approximate surface area is 215 Å². The maximum absolute atomic E-state index is 11.9. The lowest BCUT2D eigenvalue weighted by atomic mass is 9.87. The summed E-state index contributed by atoms with van der Waals surface area (Å²) in [6.07, 6.45) is 0. The van der Waals surface area contributed by atoms with Crippen molar-refractivity contribution >= 4 is 32.3 Å². The Bertz CT molecular complexity index is 1830. The highest BCUT2D eigenvalue weighted by atomic mass is 16.3. The number of hydrogen-bond donors (Lipinski definition) is 1. The monoisotopic (exact) mass is 472 g/mol. The summed E-state index contributed by atoms with van der Waals surface area (Å²) in [4.78, 5) is 0. The van der Waals surface area contributed by atoms with Crippen LogP contribution in [0.2, 0.25) is 0 Å². The molecule has 7 rings (SSSR count). The highest BCUT2D eigenvalue weighted by Crippen LogP contribution is 2.46. The molecule has 1 nitrogen and oxygen atoms in total. The normalized spacial score (nSPS) is 11.4. The minimum atomic E-state index is 0.302. The summed E-state index contributed by atoms with van der Waals surface area (Å²) < 4.78 is 0. The minimum absolute atomic E-state index is 0.302. The van der Waals surface area contributed by atoms with E-state index in [-0.39, 0.29) is 0 Å². The molecule has 0 aliphatic rings. The van der Waals surface area contributed by atoms with E-state index in [0.29, 0.717) is 5.75 Å². The van der Waals surface area contributed by atoms with Gasteiger partial charge in [-0.2, -0.15) is 0 Å². The zero-order valence-corrected chi connectivity index (χ0v) is 20.2. The van der Waals surface area contributed by atoms with E-state index < -0.39 is 0 Å². The fourth-order valence-electron chi connectivity index (χ4n) is 5.60. The molecular weight excluding hydrogens is 448 g/mol. The van der Waals surface area contributed by atoms with Gasteiger partial charge in [0.05, 0.1) is 0 Å². The molecule has 0 spiro atoms. The molecule has 0 aliphatic heterocycles. The molecule has 0 aliphatic carbocycles. The average Bonchev–Trinajstić information content (AvgIpc) is 2.96. The topological polar surface area (TPSA) is 20.2 Å². The molecule has 0 saturated heterocycles. The first-order valence-corrected chi connectivity index (χ1v) is 12.6. The van der Waals surface area contributed by atoms with Crippen LogP contribution >= 0.6 is 0 Å². The standard InChI is InChI=1S/C36H24O/c37-36-34(32-20-8-14-25-11-2-5-17-29(25)32)22-27(31-19-7-13-24-10-1-4-16-28(24)31)23-35(36)33-21-9-15-26-12-3-6-18-30(26)33/h1-23,37H. The van der Waals surface area contributed by atoms with E-state index in [1.165, 1.54) is 10.8 Å². The summed E-state index contributed by atoms with van der Waals surface area (Å²) in [5.41, 5.74) is 5.97. The van der Waals surface area contributed by atoms with E-state index in [2.05, 4.69) is 140 Å². The lowest BCUT2D eigenvalue weighted by Crippen LogP contribution is -1.91. The zero-order valence-electron chi connectivity index (χ0n) is 20.2. The molecule has 1 heteroatoms. The van der Waals surface area contributed by atoms with E-state index >= 15 is 0 Å². The van der Waals surface area contributed by atoms with Gasteiger partial charge in [0.15, 0.2) is 0 Å². The first-order chi connectivity index (χ1) is 18.3. The van der Waals surface area contributed by atoms with Crippen LogP contribution in [-0.4, -0.2) is 5.11 Å². The molecule has 0 bridgehead atoms. The molecule has 37 heavy (non-hydrogen) atoms. The summed E-state index contributed by atoms with van der Waals surface area (Å²) in [6, 6.07) is 48.5. The van der Waals surface area contributed by atoms with Crippen molar-refractivity contribution in [3.63, 3.8) is 0 Å². The van der Waals surface area contributed by atoms with Crippen molar-refractivity contribution in [1.29, 1.82) is 0 Å². The molecule has 0 heterocycles. The molecule has 7 aromatic rings. The summed E-state index contributed by atoms with van der Waals surface area (Å²) in [5.74, 6) is 0.302. The predicted octanol–water partition coefficient (Wildman–Crippen LogP) is 9.85. The Morgan fingerprint density at radius 2 is 0.676 bits per heavy atom. The molecule has 174 valence electrons. The van der Waals surface area contributed by atoms with Gasteiger partial charge in [-0.3, -0.25) is 0 Å². The van der Waals surface area contributed by atoms with Crippen LogP contribution in [0.4, 0.5) is 0 Å². The minimum Gasteiger partial charge on any atom is -0.507 e. The summed E-state index contributed by atoms with van der Waals surface area (Å²) >= 11 is 0. The van der Waals surface area contributed by atoms with Crippen LogP contribution in [0.3, 0.4) is 0 Å². The Morgan fingerprint density at radius 3 is 1.14 bits per heavy atom. The summed E-state index contributed by atoms with van der Waals surface area (Å²) in [6.45, 7) is 0. The Kier molecular flexibility index (Phi) is 5.01. The second-order valence-electron chi connectivity index (χ2n) is 9.50. The van der Waals surface area contributed by atoms with Crippen LogP contribution in [0, 0.1) is 0 Å². The quantitative estimate of drug-likeness (QED) is 0.271. The highest BCUT2D eigenvalue weighted by Gasteiger charge is 2.18. The third-order valence-corrected chi connectivity index (χ3v) is 7.37. The lowest BCUT2D eigenvalue weighted by Gasteiger charge is -2.17. The van der Waals surface area contributed by atoms with Crippen LogP contribution in [0.25, 0.3) is 65.7 Å². The SMILES string of the molecule is Oc1c(-c2cccc3ccccc23)cc(-c2cccc3ccccc23)cc1-c1cccc2ccccc12. The largest absolute Gasteiger partial charge is 0.507 e. The maximum atomic E-state index is 11.9. The molecule has 7 aromatic carbocycles. The summed E-state index contributed by atoms with van der Waals surface area (Å²) in [5, 5.41) is 18.9. The number of benzene rings is 7. The fraction of sp³-hybridized carbons (Fsp3) is 0. The van der Waals surface area contributed by atoms with E-state index in [1.807, 2.05) is 0 Å². The fourth-order valence-corrected chi connectivity index (χ4v) is 5.60. The number of rotatable bonds is 3. The van der Waals surface area contributed by atoms with Crippen molar-refractivity contribution < 1.29 is 5.11 Å². The zero-order chi connectivity index (χ0) is 24.8. The van der Waals surface area contributed by atoms with Crippen LogP contribution in [-0.2, 0) is 0 Å². The van der Waals surface area contributed by atoms with E-state index in [1.54, 1.807) is 0 Å². The van der Waals surface area contributed by atoms with Crippen LogP contribution in [0.5, 0.6) is 5.75 Å². The number of phenolic OH excluding ortho intramolecular Hbond substituents is 1. The van der Waals surface area contributed by atoms with Gasteiger partial charge in [-0.1, -0.05) is 127 Å². The van der Waals surface area contributed by atoms with Crippen molar-refractivity contribution in [2.45, 2.75) is 0 Å². The van der Waals surface area contributed by atoms with Gasteiger partial charge in [0.2, 0.25) is 0 Å². The number of aromatic hydroxyl groups is 1. The number of fused-ring (bicyclic) bond motifs is 3. The van der Waals surface area contributed by atoms with Crippen molar-refractivity contribution in [2.24, 2.45) is 0 Å².